The van der Waals surface area contributed by atoms with Crippen molar-refractivity contribution < 1.29 is 9.53 Å². The molecule has 148 valence electrons. The first-order chi connectivity index (χ1) is 12.8. The lowest BCUT2D eigenvalue weighted by Crippen LogP contribution is -2.40. The van der Waals surface area contributed by atoms with Gasteiger partial charge in [0.1, 0.15) is 11.4 Å². The van der Waals surface area contributed by atoms with Gasteiger partial charge in [0.15, 0.2) is 0 Å². The van der Waals surface area contributed by atoms with Gasteiger partial charge in [0.05, 0.1) is 0 Å². The number of piperidine rings is 1. The van der Waals surface area contributed by atoms with Gasteiger partial charge in [0.25, 0.3) is 0 Å². The van der Waals surface area contributed by atoms with Crippen LogP contribution in [-0.2, 0) is 17.6 Å². The van der Waals surface area contributed by atoms with Gasteiger partial charge in [0, 0.05) is 31.4 Å². The van der Waals surface area contributed by atoms with Crippen LogP contribution in [0.3, 0.4) is 0 Å². The molecule has 1 saturated heterocycles. The zero-order chi connectivity index (χ0) is 19.2. The van der Waals surface area contributed by atoms with Crippen molar-refractivity contribution in [2.75, 3.05) is 31.1 Å². The molecule has 3 aliphatic rings. The Morgan fingerprint density at radius 1 is 1.30 bits per heavy atom. The molecule has 27 heavy (non-hydrogen) atoms. The molecule has 2 N–H and O–H groups in total. The summed E-state index contributed by atoms with van der Waals surface area (Å²) in [5.41, 5.74) is 7.72. The molecular weight excluding hydrogens is 340 g/mol. The van der Waals surface area contributed by atoms with Crippen LogP contribution in [0.25, 0.3) is 0 Å². The minimum Gasteiger partial charge on any atom is -0.443 e. The lowest BCUT2D eigenvalue weighted by Gasteiger charge is -2.31. The number of ether oxygens (including phenoxy) is 1. The molecule has 0 bridgehead atoms. The lowest BCUT2D eigenvalue weighted by atomic mass is 10.0. The summed E-state index contributed by atoms with van der Waals surface area (Å²) >= 11 is 0. The number of rotatable bonds is 4. The second-order valence-electron chi connectivity index (χ2n) is 9.29. The Labute approximate surface area is 162 Å². The molecule has 3 heterocycles. The molecule has 0 aromatic carbocycles. The van der Waals surface area contributed by atoms with Crippen molar-refractivity contribution in [3.8, 4) is 0 Å². The molecule has 1 aromatic heterocycles. The van der Waals surface area contributed by atoms with E-state index in [9.17, 15) is 4.79 Å². The second kappa shape index (κ2) is 7.06. The Balaban J connectivity index is 1.36. The van der Waals surface area contributed by atoms with E-state index in [0.717, 1.165) is 74.2 Å². The molecule has 3 atom stereocenters. The second-order valence-corrected chi connectivity index (χ2v) is 9.29. The summed E-state index contributed by atoms with van der Waals surface area (Å²) in [6, 6.07) is 4.72. The predicted octanol–water partition coefficient (Wildman–Crippen LogP) is 2.59. The highest BCUT2D eigenvalue weighted by Crippen LogP contribution is 2.43. The fourth-order valence-electron chi connectivity index (χ4n) is 4.44. The van der Waals surface area contributed by atoms with Crippen LogP contribution in [-0.4, -0.2) is 53.8 Å². The van der Waals surface area contributed by atoms with Gasteiger partial charge in [-0.05, 0) is 76.5 Å². The van der Waals surface area contributed by atoms with E-state index in [1.807, 2.05) is 20.8 Å². The summed E-state index contributed by atoms with van der Waals surface area (Å²) in [6.07, 6.45) is 3.66. The number of amides is 1. The van der Waals surface area contributed by atoms with Crippen molar-refractivity contribution in [1.29, 1.82) is 0 Å². The van der Waals surface area contributed by atoms with Crippen LogP contribution in [0, 0.1) is 11.8 Å². The van der Waals surface area contributed by atoms with E-state index in [2.05, 4.69) is 17.0 Å². The molecule has 1 aromatic rings. The number of pyridine rings is 1. The van der Waals surface area contributed by atoms with Gasteiger partial charge in [-0.25, -0.2) is 9.78 Å². The SMILES string of the molecule is CC(C)(C)OC(=O)N1CCCc2ccc(CCCN3C[C@@H]4C(N)[C@@H]4C3)nc21. The maximum atomic E-state index is 12.6. The zero-order valence-corrected chi connectivity index (χ0v) is 16.8. The summed E-state index contributed by atoms with van der Waals surface area (Å²) < 4.78 is 5.58. The van der Waals surface area contributed by atoms with E-state index in [0.29, 0.717) is 12.6 Å². The third-order valence-electron chi connectivity index (χ3n) is 5.95. The zero-order valence-electron chi connectivity index (χ0n) is 16.8. The van der Waals surface area contributed by atoms with Crippen LogP contribution < -0.4 is 10.6 Å². The van der Waals surface area contributed by atoms with Crippen LogP contribution in [0.4, 0.5) is 10.6 Å². The summed E-state index contributed by atoms with van der Waals surface area (Å²) in [7, 11) is 0. The van der Waals surface area contributed by atoms with Crippen molar-refractivity contribution in [3.05, 3.63) is 23.4 Å². The molecular formula is C21H32N4O2. The highest BCUT2D eigenvalue weighted by Gasteiger charge is 2.53. The third kappa shape index (κ3) is 4.11. The van der Waals surface area contributed by atoms with Gasteiger partial charge in [-0.1, -0.05) is 6.07 Å². The summed E-state index contributed by atoms with van der Waals surface area (Å²) in [6.45, 7) is 9.80. The average Bonchev–Trinajstić information content (AvgIpc) is 3.02. The number of aryl methyl sites for hydroxylation is 2. The van der Waals surface area contributed by atoms with Gasteiger partial charge >= 0.3 is 6.09 Å². The van der Waals surface area contributed by atoms with Crippen LogP contribution in [0.15, 0.2) is 12.1 Å². The van der Waals surface area contributed by atoms with Crippen LogP contribution >= 0.6 is 0 Å². The van der Waals surface area contributed by atoms with Gasteiger partial charge in [-0.3, -0.25) is 4.90 Å². The maximum absolute atomic E-state index is 12.6. The Morgan fingerprint density at radius 3 is 2.74 bits per heavy atom. The number of carbonyl (C=O) groups is 1. The van der Waals surface area contributed by atoms with Crippen LogP contribution in [0.1, 0.15) is 44.9 Å². The standard InChI is InChI=1S/C21H32N4O2/c1-21(2,3)27-20(26)25-11-4-6-14-8-9-15(23-19(14)25)7-5-10-24-12-16-17(13-24)18(16)22/h8-9,16-18H,4-7,10-13,22H2,1-3H3/t16-,17+,18?. The molecule has 1 saturated carbocycles. The number of carbonyl (C=O) groups excluding carboxylic acids is 1. The molecule has 1 amide bonds. The van der Waals surface area contributed by atoms with Crippen molar-refractivity contribution in [1.82, 2.24) is 9.88 Å². The number of nitrogens with two attached hydrogens (primary N) is 1. The highest BCUT2D eigenvalue weighted by atomic mass is 16.6. The first-order valence-corrected chi connectivity index (χ1v) is 10.3. The summed E-state index contributed by atoms with van der Waals surface area (Å²) in [5.74, 6) is 2.28. The van der Waals surface area contributed by atoms with Gasteiger partial charge in [0.2, 0.25) is 0 Å². The van der Waals surface area contributed by atoms with Crippen molar-refractivity contribution in [3.63, 3.8) is 0 Å². The predicted molar refractivity (Wildman–Crippen MR) is 106 cm³/mol. The first-order valence-electron chi connectivity index (χ1n) is 10.3. The van der Waals surface area contributed by atoms with Crippen LogP contribution in [0.2, 0.25) is 0 Å². The Hall–Kier alpha value is -1.66. The number of nitrogens with zero attached hydrogens (tertiary/aromatic N) is 3. The molecule has 1 unspecified atom stereocenters. The highest BCUT2D eigenvalue weighted by molar-refractivity contribution is 5.88. The van der Waals surface area contributed by atoms with E-state index in [1.54, 1.807) is 4.90 Å². The van der Waals surface area contributed by atoms with E-state index in [1.165, 1.54) is 0 Å². The van der Waals surface area contributed by atoms with Crippen LogP contribution in [0.5, 0.6) is 0 Å². The van der Waals surface area contributed by atoms with E-state index in [4.69, 9.17) is 15.5 Å². The van der Waals surface area contributed by atoms with E-state index in [-0.39, 0.29) is 6.09 Å². The number of aromatic nitrogens is 1. The largest absolute Gasteiger partial charge is 0.443 e. The van der Waals surface area contributed by atoms with Gasteiger partial charge in [-0.2, -0.15) is 0 Å². The first kappa shape index (κ1) is 18.7. The fraction of sp³-hybridized carbons (Fsp3) is 0.714. The Bertz CT molecular complexity index is 703. The molecule has 0 radical (unpaired) electrons. The fourth-order valence-corrected chi connectivity index (χ4v) is 4.44. The number of likely N-dealkylation sites (tertiary alicyclic amines) is 1. The number of hydrogen-bond acceptors (Lipinski definition) is 5. The van der Waals surface area contributed by atoms with E-state index >= 15 is 0 Å². The van der Waals surface area contributed by atoms with Crippen molar-refractivity contribution in [2.45, 2.75) is 58.1 Å². The Kier molecular flexibility index (Phi) is 4.89. The van der Waals surface area contributed by atoms with E-state index < -0.39 is 5.60 Å². The molecule has 4 rings (SSSR count). The summed E-state index contributed by atoms with van der Waals surface area (Å²) in [5, 5.41) is 0. The molecule has 6 heteroatoms. The van der Waals surface area contributed by atoms with Crippen molar-refractivity contribution in [2.24, 2.45) is 17.6 Å². The molecule has 2 fully saturated rings. The molecule has 6 nitrogen and oxygen atoms in total. The van der Waals surface area contributed by atoms with Gasteiger partial charge in [-0.15, -0.1) is 0 Å². The minimum absolute atomic E-state index is 0.291. The summed E-state index contributed by atoms with van der Waals surface area (Å²) in [4.78, 5) is 21.7. The minimum atomic E-state index is -0.495. The lowest BCUT2D eigenvalue weighted by molar-refractivity contribution is 0.0576. The Morgan fingerprint density at radius 2 is 2.04 bits per heavy atom. The number of fused-ring (bicyclic) bond motifs is 2. The monoisotopic (exact) mass is 372 g/mol. The smallest absolute Gasteiger partial charge is 0.416 e. The molecule has 1 aliphatic carbocycles. The molecule has 0 spiro atoms. The number of anilines is 1. The topological polar surface area (TPSA) is 71.7 Å². The average molecular weight is 373 g/mol. The normalized spacial score (nSPS) is 27.3. The quantitative estimate of drug-likeness (QED) is 0.880. The van der Waals surface area contributed by atoms with Crippen molar-refractivity contribution >= 4 is 11.9 Å². The third-order valence-corrected chi connectivity index (χ3v) is 5.95. The molecule has 2 aliphatic heterocycles. The van der Waals surface area contributed by atoms with Gasteiger partial charge < -0.3 is 15.4 Å². The maximum Gasteiger partial charge on any atom is 0.416 e. The number of hydrogen-bond donors (Lipinski definition) is 1.